The van der Waals surface area contributed by atoms with E-state index in [9.17, 15) is 4.79 Å². The fourth-order valence-corrected chi connectivity index (χ4v) is 4.88. The first kappa shape index (κ1) is 18.8. The van der Waals surface area contributed by atoms with Crippen LogP contribution in [0.3, 0.4) is 0 Å². The van der Waals surface area contributed by atoms with Crippen molar-refractivity contribution in [1.29, 1.82) is 0 Å². The van der Waals surface area contributed by atoms with Crippen LogP contribution in [0.2, 0.25) is 0 Å². The van der Waals surface area contributed by atoms with Crippen LogP contribution in [0.15, 0.2) is 48.5 Å². The van der Waals surface area contributed by atoms with Crippen molar-refractivity contribution in [2.24, 2.45) is 5.73 Å². The van der Waals surface area contributed by atoms with Crippen molar-refractivity contribution in [2.75, 3.05) is 7.11 Å². The lowest BCUT2D eigenvalue weighted by molar-refractivity contribution is 0.0254. The number of nitrogens with zero attached hydrogens (tertiary/aromatic N) is 1. The van der Waals surface area contributed by atoms with E-state index in [2.05, 4.69) is 30.0 Å². The Morgan fingerprint density at radius 2 is 1.75 bits per heavy atom. The van der Waals surface area contributed by atoms with Crippen LogP contribution >= 0.6 is 0 Å². The van der Waals surface area contributed by atoms with Gasteiger partial charge in [0.2, 0.25) is 5.91 Å². The van der Waals surface area contributed by atoms with E-state index in [1.165, 1.54) is 18.4 Å². The Bertz CT molecular complexity index is 839. The number of carbonyl (C=O) groups is 1. The van der Waals surface area contributed by atoms with E-state index in [0.29, 0.717) is 23.7 Å². The number of nitrogens with two attached hydrogens (primary N) is 1. The molecule has 2 aromatic rings. The normalized spacial score (nSPS) is 25.3. The molecule has 2 aromatic carbocycles. The smallest absolute Gasteiger partial charge is 0.248 e. The van der Waals surface area contributed by atoms with E-state index in [1.807, 2.05) is 18.2 Å². The highest BCUT2D eigenvalue weighted by Crippen LogP contribution is 2.42. The van der Waals surface area contributed by atoms with E-state index < -0.39 is 5.91 Å². The molecule has 2 aliphatic rings. The first-order valence-electron chi connectivity index (χ1n) is 10.0. The maximum Gasteiger partial charge on any atom is 0.248 e. The Balaban J connectivity index is 1.45. The summed E-state index contributed by atoms with van der Waals surface area (Å²) in [7, 11) is 1.71. The van der Waals surface area contributed by atoms with Gasteiger partial charge < -0.3 is 15.2 Å². The van der Waals surface area contributed by atoms with Crippen molar-refractivity contribution in [3.8, 4) is 11.5 Å². The van der Waals surface area contributed by atoms with Crippen LogP contribution in [0.4, 0.5) is 0 Å². The van der Waals surface area contributed by atoms with Gasteiger partial charge in [0.05, 0.1) is 7.11 Å². The van der Waals surface area contributed by atoms with Crippen LogP contribution in [-0.4, -0.2) is 36.1 Å². The summed E-state index contributed by atoms with van der Waals surface area (Å²) in [6.45, 7) is 2.29. The van der Waals surface area contributed by atoms with Crippen LogP contribution in [0.5, 0.6) is 11.5 Å². The first-order chi connectivity index (χ1) is 13.5. The largest absolute Gasteiger partial charge is 0.497 e. The number of fused-ring (bicyclic) bond motifs is 2. The summed E-state index contributed by atoms with van der Waals surface area (Å²) in [5, 5.41) is 0. The lowest BCUT2D eigenvalue weighted by atomic mass is 9.95. The number of ether oxygens (including phenoxy) is 2. The van der Waals surface area contributed by atoms with E-state index in [4.69, 9.17) is 15.2 Å². The molecule has 2 heterocycles. The maximum absolute atomic E-state index is 11.4. The number of rotatable bonds is 6. The summed E-state index contributed by atoms with van der Waals surface area (Å²) in [5.74, 6) is 1.21. The van der Waals surface area contributed by atoms with Gasteiger partial charge in [-0.25, -0.2) is 0 Å². The second-order valence-corrected chi connectivity index (χ2v) is 7.89. The highest BCUT2D eigenvalue weighted by atomic mass is 16.5. The van der Waals surface area contributed by atoms with Gasteiger partial charge >= 0.3 is 0 Å². The molecule has 0 spiro atoms. The molecule has 2 N–H and O–H groups in total. The number of piperidine rings is 1. The van der Waals surface area contributed by atoms with Gasteiger partial charge in [0, 0.05) is 23.7 Å². The molecule has 0 aromatic heterocycles. The number of methoxy groups -OCH3 is 1. The number of carbonyl (C=O) groups excluding carboxylic acids is 1. The van der Waals surface area contributed by atoms with Crippen LogP contribution in [0.1, 0.15) is 54.6 Å². The number of hydrogen-bond acceptors (Lipinski definition) is 4. The van der Waals surface area contributed by atoms with Crippen molar-refractivity contribution in [1.82, 2.24) is 4.90 Å². The average Bonchev–Trinajstić information content (AvgIpc) is 2.98. The highest BCUT2D eigenvalue weighted by Gasteiger charge is 2.43. The van der Waals surface area contributed by atoms with Crippen LogP contribution in [0, 0.1) is 0 Å². The molecule has 28 heavy (non-hydrogen) atoms. The van der Waals surface area contributed by atoms with Crippen LogP contribution in [0.25, 0.3) is 0 Å². The quantitative estimate of drug-likeness (QED) is 0.825. The van der Waals surface area contributed by atoms with Gasteiger partial charge in [-0.05, 0) is 68.5 Å². The van der Waals surface area contributed by atoms with Crippen molar-refractivity contribution < 1.29 is 14.3 Å². The van der Waals surface area contributed by atoms with Gasteiger partial charge in [-0.15, -0.1) is 0 Å². The predicted molar refractivity (Wildman–Crippen MR) is 109 cm³/mol. The minimum Gasteiger partial charge on any atom is -0.497 e. The van der Waals surface area contributed by atoms with Crippen molar-refractivity contribution in [3.63, 3.8) is 0 Å². The molecule has 2 fully saturated rings. The molecule has 2 aliphatic heterocycles. The highest BCUT2D eigenvalue weighted by molar-refractivity contribution is 5.93. The molecule has 1 amide bonds. The van der Waals surface area contributed by atoms with Gasteiger partial charge in [-0.1, -0.05) is 18.2 Å². The lowest BCUT2D eigenvalue weighted by Gasteiger charge is -2.42. The van der Waals surface area contributed by atoms with E-state index in [0.717, 1.165) is 24.3 Å². The SMILES string of the molecule is COc1cccc([C@@H](C)N2[C@@H]3CC[C@H]2CC(Oc2cccc(C(N)=O)c2)C3)c1. The molecule has 5 nitrogen and oxygen atoms in total. The van der Waals surface area contributed by atoms with Crippen molar-refractivity contribution in [3.05, 3.63) is 59.7 Å². The molecule has 2 bridgehead atoms. The topological polar surface area (TPSA) is 64.8 Å². The van der Waals surface area contributed by atoms with Gasteiger partial charge in [0.25, 0.3) is 0 Å². The zero-order valence-electron chi connectivity index (χ0n) is 16.5. The molecule has 0 saturated carbocycles. The Hall–Kier alpha value is -2.53. The molecule has 0 radical (unpaired) electrons. The molecule has 4 rings (SSSR count). The summed E-state index contributed by atoms with van der Waals surface area (Å²) in [4.78, 5) is 14.1. The third-order valence-electron chi connectivity index (χ3n) is 6.19. The number of primary amides is 1. The standard InChI is InChI=1S/C23H28N2O3/c1-15(16-5-3-7-20(11-16)27-2)25-18-9-10-19(25)14-22(13-18)28-21-8-4-6-17(12-21)23(24)26/h3-8,11-12,15,18-19,22H,9-10,13-14H2,1-2H3,(H2,24,26)/t15-,18-,19+,22?/m1/s1. The molecule has 1 unspecified atom stereocenters. The van der Waals surface area contributed by atoms with Gasteiger partial charge in [0.1, 0.15) is 17.6 Å². The number of amides is 1. The Labute approximate surface area is 166 Å². The fourth-order valence-electron chi connectivity index (χ4n) is 4.88. The monoisotopic (exact) mass is 380 g/mol. The van der Waals surface area contributed by atoms with Crippen LogP contribution < -0.4 is 15.2 Å². The third-order valence-corrected chi connectivity index (χ3v) is 6.19. The zero-order valence-corrected chi connectivity index (χ0v) is 16.5. The molecule has 148 valence electrons. The van der Waals surface area contributed by atoms with Gasteiger partial charge in [-0.2, -0.15) is 0 Å². The predicted octanol–water partition coefficient (Wildman–Crippen LogP) is 3.93. The minimum absolute atomic E-state index is 0.175. The number of hydrogen-bond donors (Lipinski definition) is 1. The van der Waals surface area contributed by atoms with Crippen molar-refractivity contribution in [2.45, 2.75) is 56.8 Å². The second kappa shape index (κ2) is 7.84. The maximum atomic E-state index is 11.4. The van der Waals surface area contributed by atoms with E-state index in [1.54, 1.807) is 19.2 Å². The lowest BCUT2D eigenvalue weighted by Crippen LogP contribution is -2.47. The fraction of sp³-hybridized carbons (Fsp3) is 0.435. The van der Waals surface area contributed by atoms with Gasteiger partial charge in [-0.3, -0.25) is 9.69 Å². The van der Waals surface area contributed by atoms with E-state index in [-0.39, 0.29) is 6.10 Å². The molecule has 0 aliphatic carbocycles. The second-order valence-electron chi connectivity index (χ2n) is 7.89. The van der Waals surface area contributed by atoms with Gasteiger partial charge in [0.15, 0.2) is 0 Å². The molecule has 2 saturated heterocycles. The van der Waals surface area contributed by atoms with Crippen molar-refractivity contribution >= 4 is 5.91 Å². The molecule has 4 atom stereocenters. The number of benzene rings is 2. The summed E-state index contributed by atoms with van der Waals surface area (Å²) in [5.41, 5.74) is 7.17. The van der Waals surface area contributed by atoms with E-state index >= 15 is 0 Å². The Morgan fingerprint density at radius 1 is 1.07 bits per heavy atom. The Kier molecular flexibility index (Phi) is 5.27. The first-order valence-corrected chi connectivity index (χ1v) is 10.0. The molecular formula is C23H28N2O3. The Morgan fingerprint density at radius 3 is 2.43 bits per heavy atom. The van der Waals surface area contributed by atoms with Crippen LogP contribution in [-0.2, 0) is 0 Å². The zero-order chi connectivity index (χ0) is 19.7. The summed E-state index contributed by atoms with van der Waals surface area (Å²) in [6.07, 6.45) is 4.60. The average molecular weight is 380 g/mol. The summed E-state index contributed by atoms with van der Waals surface area (Å²) >= 11 is 0. The summed E-state index contributed by atoms with van der Waals surface area (Å²) < 4.78 is 11.6. The summed E-state index contributed by atoms with van der Waals surface area (Å²) in [6, 6.07) is 17.0. The molecular weight excluding hydrogens is 352 g/mol. The molecule has 5 heteroatoms. The third kappa shape index (κ3) is 3.72. The minimum atomic E-state index is -0.424.